The SMILES string of the molecule is CNC(Cc1ccc(Cl)c(F)c1)C1CCS(=O)(=O)C1. The molecule has 1 heterocycles. The van der Waals surface area contributed by atoms with Crippen LogP contribution in [0.2, 0.25) is 5.02 Å². The molecule has 6 heteroatoms. The summed E-state index contributed by atoms with van der Waals surface area (Å²) in [5, 5.41) is 3.25. The van der Waals surface area contributed by atoms with Gasteiger partial charge in [-0.3, -0.25) is 0 Å². The predicted molar refractivity (Wildman–Crippen MR) is 74.7 cm³/mol. The van der Waals surface area contributed by atoms with Gasteiger partial charge in [-0.15, -0.1) is 0 Å². The molecule has 0 bridgehead atoms. The van der Waals surface area contributed by atoms with Gasteiger partial charge in [0.15, 0.2) is 9.84 Å². The van der Waals surface area contributed by atoms with Gasteiger partial charge in [-0.05, 0) is 43.5 Å². The van der Waals surface area contributed by atoms with Crippen molar-refractivity contribution in [3.05, 3.63) is 34.6 Å². The molecule has 1 fully saturated rings. The molecule has 0 amide bonds. The van der Waals surface area contributed by atoms with E-state index in [0.29, 0.717) is 12.8 Å². The Morgan fingerprint density at radius 1 is 1.53 bits per heavy atom. The van der Waals surface area contributed by atoms with Crippen LogP contribution in [-0.4, -0.2) is 33.0 Å². The third-order valence-corrected chi connectivity index (χ3v) is 5.75. The summed E-state index contributed by atoms with van der Waals surface area (Å²) in [6, 6.07) is 4.76. The summed E-state index contributed by atoms with van der Waals surface area (Å²) in [6.45, 7) is 0. The Labute approximate surface area is 118 Å². The summed E-state index contributed by atoms with van der Waals surface area (Å²) in [7, 11) is -1.09. The van der Waals surface area contributed by atoms with E-state index in [2.05, 4.69) is 5.32 Å². The third-order valence-electron chi connectivity index (χ3n) is 3.65. The highest BCUT2D eigenvalue weighted by Crippen LogP contribution is 2.25. The molecule has 1 aliphatic rings. The van der Waals surface area contributed by atoms with Crippen molar-refractivity contribution in [3.8, 4) is 0 Å². The summed E-state index contributed by atoms with van der Waals surface area (Å²) in [5.74, 6) is 0.126. The van der Waals surface area contributed by atoms with E-state index in [1.54, 1.807) is 6.07 Å². The number of halogens is 2. The van der Waals surface area contributed by atoms with E-state index in [-0.39, 0.29) is 28.5 Å². The van der Waals surface area contributed by atoms with Gasteiger partial charge in [-0.1, -0.05) is 17.7 Å². The van der Waals surface area contributed by atoms with Gasteiger partial charge < -0.3 is 5.32 Å². The zero-order valence-corrected chi connectivity index (χ0v) is 12.3. The maximum Gasteiger partial charge on any atom is 0.150 e. The summed E-state index contributed by atoms with van der Waals surface area (Å²) in [4.78, 5) is 0. The van der Waals surface area contributed by atoms with Crippen molar-refractivity contribution in [1.29, 1.82) is 0 Å². The fraction of sp³-hybridized carbons (Fsp3) is 0.538. The third kappa shape index (κ3) is 3.68. The van der Waals surface area contributed by atoms with Crippen molar-refractivity contribution in [2.45, 2.75) is 18.9 Å². The van der Waals surface area contributed by atoms with Crippen LogP contribution in [-0.2, 0) is 16.3 Å². The van der Waals surface area contributed by atoms with Gasteiger partial charge >= 0.3 is 0 Å². The molecule has 106 valence electrons. The number of hydrogen-bond acceptors (Lipinski definition) is 3. The second-order valence-corrected chi connectivity index (χ2v) is 7.65. The molecule has 1 N–H and O–H groups in total. The highest BCUT2D eigenvalue weighted by Gasteiger charge is 2.33. The second kappa shape index (κ2) is 5.77. The van der Waals surface area contributed by atoms with Gasteiger partial charge in [0.25, 0.3) is 0 Å². The Morgan fingerprint density at radius 3 is 2.79 bits per heavy atom. The van der Waals surface area contributed by atoms with Crippen LogP contribution in [0.15, 0.2) is 18.2 Å². The molecule has 3 nitrogen and oxygen atoms in total. The number of likely N-dealkylation sites (N-methyl/N-ethyl adjacent to an activating group) is 1. The maximum atomic E-state index is 13.4. The van der Waals surface area contributed by atoms with Gasteiger partial charge in [0.1, 0.15) is 5.82 Å². The Bertz CT molecular complexity index is 562. The lowest BCUT2D eigenvalue weighted by molar-refractivity contribution is 0.402. The number of sulfone groups is 1. The monoisotopic (exact) mass is 305 g/mol. The normalized spacial score (nSPS) is 23.4. The number of hydrogen-bond donors (Lipinski definition) is 1. The molecule has 1 saturated heterocycles. The lowest BCUT2D eigenvalue weighted by atomic mass is 9.93. The molecule has 0 saturated carbocycles. The molecule has 1 aromatic carbocycles. The highest BCUT2D eigenvalue weighted by atomic mass is 35.5. The molecule has 2 atom stereocenters. The molecule has 1 aliphatic heterocycles. The lowest BCUT2D eigenvalue weighted by Gasteiger charge is -2.22. The van der Waals surface area contributed by atoms with Crippen molar-refractivity contribution >= 4 is 21.4 Å². The Kier molecular flexibility index (Phi) is 4.48. The Hall–Kier alpha value is -0.650. The Balaban J connectivity index is 2.09. The minimum absolute atomic E-state index is 0.0397. The zero-order valence-electron chi connectivity index (χ0n) is 10.7. The molecule has 0 aromatic heterocycles. The number of nitrogens with one attached hydrogen (secondary N) is 1. The number of benzene rings is 1. The summed E-state index contributed by atoms with van der Waals surface area (Å²) < 4.78 is 36.4. The average Bonchev–Trinajstić information content (AvgIpc) is 2.71. The first-order valence-corrected chi connectivity index (χ1v) is 8.43. The minimum atomic E-state index is -2.89. The van der Waals surface area contributed by atoms with E-state index in [1.165, 1.54) is 12.1 Å². The van der Waals surface area contributed by atoms with E-state index in [9.17, 15) is 12.8 Å². The fourth-order valence-electron chi connectivity index (χ4n) is 2.57. The molecule has 2 unspecified atom stereocenters. The second-order valence-electron chi connectivity index (χ2n) is 5.01. The highest BCUT2D eigenvalue weighted by molar-refractivity contribution is 7.91. The van der Waals surface area contributed by atoms with Gasteiger partial charge in [0.2, 0.25) is 0 Å². The molecule has 0 aliphatic carbocycles. The van der Waals surface area contributed by atoms with E-state index >= 15 is 0 Å². The standard InChI is InChI=1S/C13H17ClFNO2S/c1-16-13(10-4-5-19(17,18)8-10)7-9-2-3-11(14)12(15)6-9/h2-3,6,10,13,16H,4-5,7-8H2,1H3. The molecule has 0 radical (unpaired) electrons. The van der Waals surface area contributed by atoms with Crippen LogP contribution in [0.5, 0.6) is 0 Å². The summed E-state index contributed by atoms with van der Waals surface area (Å²) in [6.07, 6.45) is 1.27. The molecule has 19 heavy (non-hydrogen) atoms. The van der Waals surface area contributed by atoms with Gasteiger partial charge in [0.05, 0.1) is 16.5 Å². The van der Waals surface area contributed by atoms with Crippen LogP contribution in [0.1, 0.15) is 12.0 Å². The van der Waals surface area contributed by atoms with E-state index in [4.69, 9.17) is 11.6 Å². The van der Waals surface area contributed by atoms with Crippen LogP contribution in [0.3, 0.4) is 0 Å². The van der Waals surface area contributed by atoms with Gasteiger partial charge in [0, 0.05) is 6.04 Å². The summed E-state index contributed by atoms with van der Waals surface area (Å²) >= 11 is 5.65. The first-order valence-electron chi connectivity index (χ1n) is 6.23. The van der Waals surface area contributed by atoms with Crippen molar-refractivity contribution in [2.24, 2.45) is 5.92 Å². The average molecular weight is 306 g/mol. The largest absolute Gasteiger partial charge is 0.316 e. The van der Waals surface area contributed by atoms with Crippen LogP contribution in [0.25, 0.3) is 0 Å². The topological polar surface area (TPSA) is 46.2 Å². The molecule has 0 spiro atoms. The zero-order chi connectivity index (χ0) is 14.0. The number of rotatable bonds is 4. The lowest BCUT2D eigenvalue weighted by Crippen LogP contribution is -2.36. The van der Waals surface area contributed by atoms with Gasteiger partial charge in [-0.2, -0.15) is 0 Å². The smallest absolute Gasteiger partial charge is 0.150 e. The first kappa shape index (κ1) is 14.8. The van der Waals surface area contributed by atoms with Crippen molar-refractivity contribution in [3.63, 3.8) is 0 Å². The van der Waals surface area contributed by atoms with Crippen LogP contribution in [0, 0.1) is 11.7 Å². The minimum Gasteiger partial charge on any atom is -0.316 e. The van der Waals surface area contributed by atoms with Crippen molar-refractivity contribution in [2.75, 3.05) is 18.6 Å². The van der Waals surface area contributed by atoms with Crippen LogP contribution < -0.4 is 5.32 Å². The quantitative estimate of drug-likeness (QED) is 0.926. The molecular weight excluding hydrogens is 289 g/mol. The van der Waals surface area contributed by atoms with Crippen molar-refractivity contribution < 1.29 is 12.8 Å². The maximum absolute atomic E-state index is 13.4. The first-order chi connectivity index (χ1) is 8.91. The van der Waals surface area contributed by atoms with E-state index < -0.39 is 15.7 Å². The van der Waals surface area contributed by atoms with Crippen molar-refractivity contribution in [1.82, 2.24) is 5.32 Å². The van der Waals surface area contributed by atoms with Gasteiger partial charge in [-0.25, -0.2) is 12.8 Å². The van der Waals surface area contributed by atoms with Crippen LogP contribution >= 0.6 is 11.6 Å². The predicted octanol–water partition coefficient (Wildman–Crippen LogP) is 2.04. The molecule has 1 aromatic rings. The van der Waals surface area contributed by atoms with E-state index in [0.717, 1.165) is 5.56 Å². The Morgan fingerprint density at radius 2 is 2.26 bits per heavy atom. The fourth-order valence-corrected chi connectivity index (χ4v) is 4.56. The summed E-state index contributed by atoms with van der Waals surface area (Å²) in [5.41, 5.74) is 0.825. The van der Waals surface area contributed by atoms with E-state index in [1.807, 2.05) is 7.05 Å². The van der Waals surface area contributed by atoms with Crippen LogP contribution in [0.4, 0.5) is 4.39 Å². The molecule has 2 rings (SSSR count). The molecular formula is C13H17ClFNO2S.